The second-order valence-corrected chi connectivity index (χ2v) is 5.27. The lowest BCUT2D eigenvalue weighted by Gasteiger charge is -2.12. The lowest BCUT2D eigenvalue weighted by molar-refractivity contribution is 0.0686. The van der Waals surface area contributed by atoms with Gasteiger partial charge in [-0.3, -0.25) is 0 Å². The van der Waals surface area contributed by atoms with Crippen molar-refractivity contribution in [2.24, 2.45) is 0 Å². The molecule has 110 valence electrons. The summed E-state index contributed by atoms with van der Waals surface area (Å²) >= 11 is 0. The van der Waals surface area contributed by atoms with Crippen LogP contribution in [0, 0.1) is 13.8 Å². The first-order valence-electron chi connectivity index (χ1n) is 6.74. The molecule has 1 aromatic heterocycles. The third-order valence-corrected chi connectivity index (χ3v) is 3.06. The zero-order chi connectivity index (χ0) is 15.6. The normalized spacial score (nSPS) is 10.7. The van der Waals surface area contributed by atoms with Crippen LogP contribution in [0.5, 0.6) is 11.5 Å². The number of hydrogen-bond acceptors (Lipinski definition) is 4. The monoisotopic (exact) mass is 286 g/mol. The number of aromatic nitrogens is 2. The van der Waals surface area contributed by atoms with E-state index in [-0.39, 0.29) is 17.4 Å². The zero-order valence-corrected chi connectivity index (χ0v) is 12.5. The van der Waals surface area contributed by atoms with E-state index in [2.05, 4.69) is 9.97 Å². The summed E-state index contributed by atoms with van der Waals surface area (Å²) in [6.45, 7) is 7.67. The summed E-state index contributed by atoms with van der Waals surface area (Å²) < 4.78 is 5.71. The van der Waals surface area contributed by atoms with Gasteiger partial charge in [-0.05, 0) is 31.0 Å². The molecule has 0 aliphatic carbocycles. The van der Waals surface area contributed by atoms with Crippen molar-refractivity contribution in [2.75, 3.05) is 0 Å². The summed E-state index contributed by atoms with van der Waals surface area (Å²) in [6, 6.07) is 5.75. The van der Waals surface area contributed by atoms with Crippen LogP contribution in [-0.4, -0.2) is 21.0 Å². The van der Waals surface area contributed by atoms with E-state index in [4.69, 9.17) is 4.74 Å². The molecule has 0 fully saturated rings. The molecule has 21 heavy (non-hydrogen) atoms. The van der Waals surface area contributed by atoms with Crippen LogP contribution in [0.25, 0.3) is 0 Å². The highest BCUT2D eigenvalue weighted by molar-refractivity contribution is 5.88. The molecule has 0 unspecified atom stereocenters. The minimum absolute atomic E-state index is 0.0536. The highest BCUT2D eigenvalue weighted by atomic mass is 16.5. The zero-order valence-electron chi connectivity index (χ0n) is 12.5. The van der Waals surface area contributed by atoms with E-state index < -0.39 is 5.97 Å². The van der Waals surface area contributed by atoms with Gasteiger partial charge in [0.15, 0.2) is 11.4 Å². The van der Waals surface area contributed by atoms with Crippen molar-refractivity contribution in [1.82, 2.24) is 9.97 Å². The van der Waals surface area contributed by atoms with Crippen LogP contribution < -0.4 is 4.74 Å². The average molecular weight is 286 g/mol. The summed E-state index contributed by atoms with van der Waals surface area (Å²) in [5.41, 5.74) is 1.84. The number of hydrogen-bond donors (Lipinski definition) is 1. The van der Waals surface area contributed by atoms with E-state index in [0.29, 0.717) is 11.6 Å². The number of carbonyl (C=O) groups is 1. The van der Waals surface area contributed by atoms with Gasteiger partial charge < -0.3 is 9.84 Å². The van der Waals surface area contributed by atoms with E-state index in [0.717, 1.165) is 11.1 Å². The Kier molecular flexibility index (Phi) is 4.21. The Morgan fingerprint density at radius 3 is 2.57 bits per heavy atom. The van der Waals surface area contributed by atoms with Crippen molar-refractivity contribution in [3.8, 4) is 11.5 Å². The fourth-order valence-corrected chi connectivity index (χ4v) is 1.83. The molecule has 2 aromatic rings. The quantitative estimate of drug-likeness (QED) is 0.927. The second-order valence-electron chi connectivity index (χ2n) is 5.27. The van der Waals surface area contributed by atoms with Gasteiger partial charge in [0.05, 0.1) is 6.20 Å². The number of carboxylic acids is 1. The average Bonchev–Trinajstić information content (AvgIpc) is 2.42. The third-order valence-electron chi connectivity index (χ3n) is 3.06. The predicted molar refractivity (Wildman–Crippen MR) is 79.1 cm³/mol. The molecule has 1 aromatic carbocycles. The Balaban J connectivity index is 2.44. The fraction of sp³-hybridized carbons (Fsp3) is 0.312. The van der Waals surface area contributed by atoms with Gasteiger partial charge in [-0.2, -0.15) is 0 Å². The fourth-order valence-electron chi connectivity index (χ4n) is 1.83. The van der Waals surface area contributed by atoms with E-state index in [1.807, 2.05) is 45.9 Å². The SMILES string of the molecule is Cc1ccc(C)c(Oc2cnc(C(C)C)nc2C(=O)O)c1. The summed E-state index contributed by atoms with van der Waals surface area (Å²) in [4.78, 5) is 19.6. The number of aryl methyl sites for hydroxylation is 2. The predicted octanol–water partition coefficient (Wildman–Crippen LogP) is 3.71. The van der Waals surface area contributed by atoms with Gasteiger partial charge in [0.1, 0.15) is 11.6 Å². The van der Waals surface area contributed by atoms with Crippen molar-refractivity contribution >= 4 is 5.97 Å². The first-order chi connectivity index (χ1) is 9.88. The number of carboxylic acid groups (broad SMARTS) is 1. The number of nitrogens with zero attached hydrogens (tertiary/aromatic N) is 2. The summed E-state index contributed by atoms with van der Waals surface area (Å²) in [7, 11) is 0. The van der Waals surface area contributed by atoms with Gasteiger partial charge in [0, 0.05) is 5.92 Å². The molecule has 0 atom stereocenters. The van der Waals surface area contributed by atoms with Crippen LogP contribution in [0.4, 0.5) is 0 Å². The van der Waals surface area contributed by atoms with Crippen molar-refractivity contribution in [2.45, 2.75) is 33.6 Å². The van der Waals surface area contributed by atoms with Crippen LogP contribution in [0.3, 0.4) is 0 Å². The number of rotatable bonds is 4. The Morgan fingerprint density at radius 1 is 1.24 bits per heavy atom. The maximum Gasteiger partial charge on any atom is 0.358 e. The van der Waals surface area contributed by atoms with Crippen LogP contribution >= 0.6 is 0 Å². The number of ether oxygens (including phenoxy) is 1. The molecule has 0 aliphatic heterocycles. The number of benzene rings is 1. The van der Waals surface area contributed by atoms with Gasteiger partial charge in [-0.1, -0.05) is 26.0 Å². The standard InChI is InChI=1S/C16H18N2O3/c1-9(2)15-17-8-13(14(18-15)16(19)20)21-12-7-10(3)5-6-11(12)4/h5-9H,1-4H3,(H,19,20). The van der Waals surface area contributed by atoms with Gasteiger partial charge in [-0.25, -0.2) is 14.8 Å². The maximum atomic E-state index is 11.4. The van der Waals surface area contributed by atoms with E-state index in [1.54, 1.807) is 0 Å². The Bertz CT molecular complexity index is 681. The van der Waals surface area contributed by atoms with Crippen LogP contribution in [-0.2, 0) is 0 Å². The molecule has 0 saturated heterocycles. The highest BCUT2D eigenvalue weighted by Gasteiger charge is 2.18. The molecule has 0 bridgehead atoms. The lowest BCUT2D eigenvalue weighted by Crippen LogP contribution is -2.09. The molecule has 5 nitrogen and oxygen atoms in total. The van der Waals surface area contributed by atoms with Crippen molar-refractivity contribution in [3.05, 3.63) is 47.0 Å². The topological polar surface area (TPSA) is 72.3 Å². The van der Waals surface area contributed by atoms with Crippen molar-refractivity contribution in [1.29, 1.82) is 0 Å². The summed E-state index contributed by atoms with van der Waals surface area (Å²) in [5.74, 6) is 0.178. The Morgan fingerprint density at radius 2 is 1.95 bits per heavy atom. The van der Waals surface area contributed by atoms with Crippen LogP contribution in [0.2, 0.25) is 0 Å². The molecule has 1 N–H and O–H groups in total. The van der Waals surface area contributed by atoms with E-state index in [1.165, 1.54) is 6.20 Å². The van der Waals surface area contributed by atoms with E-state index >= 15 is 0 Å². The summed E-state index contributed by atoms with van der Waals surface area (Å²) in [5, 5.41) is 9.30. The lowest BCUT2D eigenvalue weighted by atomic mass is 10.1. The minimum Gasteiger partial charge on any atom is -0.476 e. The molecule has 5 heteroatoms. The molecule has 2 rings (SSSR count). The van der Waals surface area contributed by atoms with Gasteiger partial charge >= 0.3 is 5.97 Å². The van der Waals surface area contributed by atoms with Gasteiger partial charge in [-0.15, -0.1) is 0 Å². The Hall–Kier alpha value is -2.43. The van der Waals surface area contributed by atoms with Crippen LogP contribution in [0.1, 0.15) is 47.2 Å². The highest BCUT2D eigenvalue weighted by Crippen LogP contribution is 2.28. The summed E-state index contributed by atoms with van der Waals surface area (Å²) in [6.07, 6.45) is 1.42. The molecular weight excluding hydrogens is 268 g/mol. The first kappa shape index (κ1) is 15.0. The van der Waals surface area contributed by atoms with Crippen LogP contribution in [0.15, 0.2) is 24.4 Å². The maximum absolute atomic E-state index is 11.4. The van der Waals surface area contributed by atoms with Crippen molar-refractivity contribution in [3.63, 3.8) is 0 Å². The van der Waals surface area contributed by atoms with Gasteiger partial charge in [0.25, 0.3) is 0 Å². The molecule has 0 spiro atoms. The first-order valence-corrected chi connectivity index (χ1v) is 6.74. The third kappa shape index (κ3) is 3.37. The molecule has 0 amide bonds. The molecule has 0 saturated carbocycles. The molecule has 0 aliphatic rings. The molecular formula is C16H18N2O3. The van der Waals surface area contributed by atoms with E-state index in [9.17, 15) is 9.90 Å². The largest absolute Gasteiger partial charge is 0.476 e. The van der Waals surface area contributed by atoms with Gasteiger partial charge in [0.2, 0.25) is 0 Å². The minimum atomic E-state index is -1.13. The van der Waals surface area contributed by atoms with Crippen molar-refractivity contribution < 1.29 is 14.6 Å². The smallest absolute Gasteiger partial charge is 0.358 e. The Labute approximate surface area is 123 Å². The number of aromatic carboxylic acids is 1. The molecule has 0 radical (unpaired) electrons. The second kappa shape index (κ2) is 5.91. The molecule has 1 heterocycles.